The molecule has 0 unspecified atom stereocenters. The van der Waals surface area contributed by atoms with Gasteiger partial charge in [-0.05, 0) is 25.1 Å². The molecule has 3 aromatic rings. The van der Waals surface area contributed by atoms with Gasteiger partial charge in [-0.25, -0.2) is 4.68 Å². The predicted octanol–water partition coefficient (Wildman–Crippen LogP) is 2.28. The van der Waals surface area contributed by atoms with E-state index in [2.05, 4.69) is 20.0 Å². The molecular weight excluding hydrogens is 274 g/mol. The number of aromatic nitrogens is 4. The van der Waals surface area contributed by atoms with E-state index in [1.54, 1.807) is 10.7 Å². The first-order valence-corrected chi connectivity index (χ1v) is 6.72. The van der Waals surface area contributed by atoms with Gasteiger partial charge in [0.1, 0.15) is 5.00 Å². The Balaban J connectivity index is 1.87. The van der Waals surface area contributed by atoms with E-state index in [9.17, 15) is 4.79 Å². The number of benzene rings is 1. The van der Waals surface area contributed by atoms with Crippen LogP contribution in [-0.2, 0) is 0 Å². The minimum Gasteiger partial charge on any atom is -0.310 e. The van der Waals surface area contributed by atoms with Crippen LogP contribution in [0, 0.1) is 6.92 Å². The summed E-state index contributed by atoms with van der Waals surface area (Å²) in [4.78, 5) is 12.1. The number of para-hydroxylation sites is 1. The highest BCUT2D eigenvalue weighted by atomic mass is 32.1. The van der Waals surface area contributed by atoms with Crippen molar-refractivity contribution in [1.29, 1.82) is 0 Å². The highest BCUT2D eigenvalue weighted by Crippen LogP contribution is 2.14. The highest BCUT2D eigenvalue weighted by molar-refractivity contribution is 7.10. The van der Waals surface area contributed by atoms with Crippen molar-refractivity contribution in [1.82, 2.24) is 19.4 Å². The maximum absolute atomic E-state index is 12.1. The minimum absolute atomic E-state index is 0.270. The molecule has 20 heavy (non-hydrogen) atoms. The lowest BCUT2D eigenvalue weighted by atomic mass is 10.3. The number of aryl methyl sites for hydroxylation is 1. The van der Waals surface area contributed by atoms with Crippen molar-refractivity contribution < 1.29 is 4.79 Å². The normalized spacial score (nSPS) is 10.4. The van der Waals surface area contributed by atoms with E-state index in [0.29, 0.717) is 10.7 Å². The Kier molecular flexibility index (Phi) is 3.26. The third kappa shape index (κ3) is 2.43. The molecule has 0 saturated heterocycles. The molecule has 6 nitrogen and oxygen atoms in total. The summed E-state index contributed by atoms with van der Waals surface area (Å²) in [6, 6.07) is 11.4. The smallest absolute Gasteiger partial charge is 0.276 e. The summed E-state index contributed by atoms with van der Waals surface area (Å²) in [5, 5.41) is 11.3. The number of hydrogen-bond acceptors (Lipinski definition) is 5. The number of nitrogens with zero attached hydrogens (tertiary/aromatic N) is 4. The summed E-state index contributed by atoms with van der Waals surface area (Å²) < 4.78 is 5.43. The summed E-state index contributed by atoms with van der Waals surface area (Å²) in [6.45, 7) is 1.91. The zero-order valence-electron chi connectivity index (χ0n) is 10.6. The molecule has 7 heteroatoms. The summed E-state index contributed by atoms with van der Waals surface area (Å²) in [5.41, 5.74) is 2.17. The fourth-order valence-corrected chi connectivity index (χ4v) is 2.23. The third-order valence-electron chi connectivity index (χ3n) is 2.72. The van der Waals surface area contributed by atoms with Crippen molar-refractivity contribution in [2.45, 2.75) is 6.92 Å². The van der Waals surface area contributed by atoms with E-state index >= 15 is 0 Å². The van der Waals surface area contributed by atoms with Crippen LogP contribution < -0.4 is 5.32 Å². The van der Waals surface area contributed by atoms with Gasteiger partial charge in [-0.1, -0.05) is 22.7 Å². The zero-order valence-corrected chi connectivity index (χ0v) is 11.5. The first kappa shape index (κ1) is 12.5. The van der Waals surface area contributed by atoms with Gasteiger partial charge in [-0.3, -0.25) is 4.79 Å². The van der Waals surface area contributed by atoms with Crippen molar-refractivity contribution in [3.05, 3.63) is 54.0 Å². The Labute approximate surface area is 119 Å². The third-order valence-corrected chi connectivity index (χ3v) is 3.30. The number of nitrogens with one attached hydrogen (secondary N) is 1. The first-order valence-electron chi connectivity index (χ1n) is 5.95. The molecule has 0 aliphatic rings. The molecule has 1 amide bonds. The van der Waals surface area contributed by atoms with Crippen molar-refractivity contribution in [2.75, 3.05) is 5.32 Å². The van der Waals surface area contributed by atoms with Crippen molar-refractivity contribution in [2.24, 2.45) is 0 Å². The number of carbonyl (C=O) groups is 1. The lowest BCUT2D eigenvalue weighted by molar-refractivity contribution is 0.102. The Bertz CT molecular complexity index is 721. The fraction of sp³-hybridized carbons (Fsp3) is 0.0769. The van der Waals surface area contributed by atoms with Gasteiger partial charge in [0.05, 0.1) is 11.9 Å². The molecule has 3 rings (SSSR count). The number of rotatable bonds is 3. The van der Waals surface area contributed by atoms with Gasteiger partial charge in [0.25, 0.3) is 5.91 Å². The van der Waals surface area contributed by atoms with E-state index in [4.69, 9.17) is 0 Å². The minimum atomic E-state index is -0.270. The van der Waals surface area contributed by atoms with E-state index in [-0.39, 0.29) is 5.91 Å². The van der Waals surface area contributed by atoms with Gasteiger partial charge in [0.2, 0.25) is 0 Å². The topological polar surface area (TPSA) is 72.7 Å². The number of hydrogen-bond donors (Lipinski definition) is 1. The van der Waals surface area contributed by atoms with E-state index in [1.807, 2.05) is 37.3 Å². The summed E-state index contributed by atoms with van der Waals surface area (Å²) in [5.74, 6) is -0.270. The summed E-state index contributed by atoms with van der Waals surface area (Å²) >= 11 is 1.13. The molecule has 0 aliphatic heterocycles. The van der Waals surface area contributed by atoms with Crippen LogP contribution in [0.1, 0.15) is 16.2 Å². The number of anilines is 1. The number of carbonyl (C=O) groups excluding carboxylic acids is 1. The van der Waals surface area contributed by atoms with Crippen molar-refractivity contribution >= 4 is 22.4 Å². The maximum atomic E-state index is 12.1. The first-order chi connectivity index (χ1) is 9.74. The van der Waals surface area contributed by atoms with Crippen LogP contribution >= 0.6 is 11.5 Å². The highest BCUT2D eigenvalue weighted by Gasteiger charge is 2.14. The van der Waals surface area contributed by atoms with Crippen LogP contribution in [0.2, 0.25) is 0 Å². The average Bonchev–Trinajstić information content (AvgIpc) is 3.09. The van der Waals surface area contributed by atoms with Gasteiger partial charge >= 0.3 is 0 Å². The summed E-state index contributed by atoms with van der Waals surface area (Å²) in [6.07, 6.45) is 1.50. The van der Waals surface area contributed by atoms with E-state index < -0.39 is 0 Å². The van der Waals surface area contributed by atoms with Gasteiger partial charge in [0, 0.05) is 17.2 Å². The van der Waals surface area contributed by atoms with Crippen LogP contribution in [0.15, 0.2) is 42.6 Å². The van der Waals surface area contributed by atoms with Gasteiger partial charge < -0.3 is 5.32 Å². The predicted molar refractivity (Wildman–Crippen MR) is 76.2 cm³/mol. The van der Waals surface area contributed by atoms with Crippen LogP contribution in [0.25, 0.3) is 5.69 Å². The second kappa shape index (κ2) is 5.22. The molecule has 0 bridgehead atoms. The van der Waals surface area contributed by atoms with Crippen LogP contribution in [0.5, 0.6) is 0 Å². The molecule has 0 aliphatic carbocycles. The molecule has 2 heterocycles. The standard InChI is InChI=1S/C13H11N5OS/c1-9-7-11(13(19)15-12-8-14-17-20-12)16-18(9)10-5-3-2-4-6-10/h2-8H,1H3,(H,15,19). The Morgan fingerprint density at radius 1 is 1.30 bits per heavy atom. The zero-order chi connectivity index (χ0) is 13.9. The fourth-order valence-electron chi connectivity index (χ4n) is 1.81. The van der Waals surface area contributed by atoms with Crippen molar-refractivity contribution in [3.8, 4) is 5.69 Å². The van der Waals surface area contributed by atoms with Crippen molar-refractivity contribution in [3.63, 3.8) is 0 Å². The Morgan fingerprint density at radius 3 is 2.80 bits per heavy atom. The molecule has 1 N–H and O–H groups in total. The molecule has 2 aromatic heterocycles. The summed E-state index contributed by atoms with van der Waals surface area (Å²) in [7, 11) is 0. The van der Waals surface area contributed by atoms with Crippen LogP contribution in [0.4, 0.5) is 5.00 Å². The van der Waals surface area contributed by atoms with Crippen LogP contribution in [0.3, 0.4) is 0 Å². The van der Waals surface area contributed by atoms with Gasteiger partial charge in [-0.2, -0.15) is 5.10 Å². The van der Waals surface area contributed by atoms with E-state index in [0.717, 1.165) is 22.9 Å². The lowest BCUT2D eigenvalue weighted by Crippen LogP contribution is -2.12. The molecule has 0 saturated carbocycles. The van der Waals surface area contributed by atoms with Gasteiger partial charge in [0.15, 0.2) is 5.69 Å². The second-order valence-corrected chi connectivity index (χ2v) is 4.94. The van der Waals surface area contributed by atoms with Crippen LogP contribution in [-0.4, -0.2) is 25.3 Å². The SMILES string of the molecule is Cc1cc(C(=O)Nc2cnns2)nn1-c1ccccc1. The quantitative estimate of drug-likeness (QED) is 0.801. The van der Waals surface area contributed by atoms with E-state index in [1.165, 1.54) is 6.20 Å². The number of amides is 1. The lowest BCUT2D eigenvalue weighted by Gasteiger charge is -2.02. The van der Waals surface area contributed by atoms with Gasteiger partial charge in [-0.15, -0.1) is 5.10 Å². The molecule has 1 aromatic carbocycles. The maximum Gasteiger partial charge on any atom is 0.276 e. The molecule has 0 fully saturated rings. The molecule has 0 spiro atoms. The Morgan fingerprint density at radius 2 is 2.10 bits per heavy atom. The Hall–Kier alpha value is -2.54. The molecule has 0 radical (unpaired) electrons. The second-order valence-electron chi connectivity index (χ2n) is 4.15. The molecular formula is C13H11N5OS. The molecule has 0 atom stereocenters. The largest absolute Gasteiger partial charge is 0.310 e. The monoisotopic (exact) mass is 285 g/mol. The molecule has 100 valence electrons. The average molecular weight is 285 g/mol.